The van der Waals surface area contributed by atoms with Gasteiger partial charge in [0.05, 0.1) is 24.5 Å². The molecule has 2 aliphatic rings. The highest BCUT2D eigenvalue weighted by molar-refractivity contribution is 7.89. The molecule has 1 aliphatic heterocycles. The molecular weight excluding hydrogens is 512 g/mol. The molecule has 1 saturated carbocycles. The van der Waals surface area contributed by atoms with Crippen LogP contribution in [0.5, 0.6) is 0 Å². The van der Waals surface area contributed by atoms with Crippen molar-refractivity contribution in [2.24, 2.45) is 13.0 Å². The van der Waals surface area contributed by atoms with Gasteiger partial charge in [-0.25, -0.2) is 13.2 Å². The van der Waals surface area contributed by atoms with Crippen LogP contribution in [0.4, 0.5) is 5.69 Å². The number of aromatic nitrogens is 2. The van der Waals surface area contributed by atoms with Crippen molar-refractivity contribution < 1.29 is 23.1 Å². The van der Waals surface area contributed by atoms with Crippen LogP contribution in [0, 0.1) is 12.8 Å². The molecule has 0 radical (unpaired) electrons. The summed E-state index contributed by atoms with van der Waals surface area (Å²) < 4.78 is 29.5. The van der Waals surface area contributed by atoms with E-state index in [-0.39, 0.29) is 28.8 Å². The first kappa shape index (κ1) is 25.6. The number of carboxylic acids is 1. The van der Waals surface area contributed by atoms with Gasteiger partial charge in [0.15, 0.2) is 0 Å². The zero-order valence-corrected chi connectivity index (χ0v) is 22.5. The number of aryl methyl sites for hydroxylation is 2. The van der Waals surface area contributed by atoms with E-state index >= 15 is 0 Å². The Kier molecular flexibility index (Phi) is 6.95. The number of thiophene rings is 1. The normalized spacial score (nSPS) is 19.9. The van der Waals surface area contributed by atoms with Crippen molar-refractivity contribution in [3.8, 4) is 10.4 Å². The molecule has 1 unspecified atom stereocenters. The summed E-state index contributed by atoms with van der Waals surface area (Å²) in [7, 11) is -2.29. The molecule has 2 fully saturated rings. The molecule has 1 atom stereocenters. The molecule has 3 heterocycles. The molecule has 1 aromatic carbocycles. The molecule has 1 N–H and O–H groups in total. The molecule has 11 heteroatoms. The van der Waals surface area contributed by atoms with Crippen LogP contribution in [0.1, 0.15) is 47.3 Å². The fourth-order valence-electron chi connectivity index (χ4n) is 5.40. The van der Waals surface area contributed by atoms with Crippen LogP contribution >= 0.6 is 11.3 Å². The second-order valence-electron chi connectivity index (χ2n) is 9.87. The fourth-order valence-corrected chi connectivity index (χ4v) is 7.78. The van der Waals surface area contributed by atoms with E-state index in [9.17, 15) is 23.1 Å². The molecule has 5 rings (SSSR count). The van der Waals surface area contributed by atoms with Crippen molar-refractivity contribution in [2.45, 2.75) is 50.0 Å². The topological polar surface area (TPSA) is 113 Å². The summed E-state index contributed by atoms with van der Waals surface area (Å²) in [6.45, 7) is 1.75. The van der Waals surface area contributed by atoms with Crippen LogP contribution < -0.4 is 4.90 Å². The van der Waals surface area contributed by atoms with E-state index in [2.05, 4.69) is 5.10 Å². The summed E-state index contributed by atoms with van der Waals surface area (Å²) in [6.07, 6.45) is 7.56. The number of nitrogens with zero attached hydrogens (tertiary/aromatic N) is 4. The molecule has 37 heavy (non-hydrogen) atoms. The molecule has 1 amide bonds. The van der Waals surface area contributed by atoms with Crippen LogP contribution in [-0.4, -0.2) is 58.6 Å². The van der Waals surface area contributed by atoms with Crippen LogP contribution in [0.2, 0.25) is 0 Å². The number of carbonyl (C=O) groups excluding carboxylic acids is 1. The number of aromatic carboxylic acids is 1. The molecule has 3 aromatic rings. The number of rotatable bonds is 6. The Hall–Kier alpha value is -3.02. The lowest BCUT2D eigenvalue weighted by atomic mass is 9.82. The van der Waals surface area contributed by atoms with Gasteiger partial charge < -0.3 is 10.0 Å². The molecular formula is C26H30N4O5S2. The van der Waals surface area contributed by atoms with Gasteiger partial charge in [-0.05, 0) is 37.3 Å². The number of sulfonamides is 1. The zero-order valence-electron chi connectivity index (χ0n) is 20.8. The second-order valence-corrected chi connectivity index (χ2v) is 12.9. The van der Waals surface area contributed by atoms with Gasteiger partial charge in [0.1, 0.15) is 9.77 Å². The Morgan fingerprint density at radius 3 is 2.46 bits per heavy atom. The minimum atomic E-state index is -3.93. The zero-order chi connectivity index (χ0) is 26.3. The van der Waals surface area contributed by atoms with E-state index in [0.29, 0.717) is 5.69 Å². The summed E-state index contributed by atoms with van der Waals surface area (Å²) >= 11 is 1.14. The minimum absolute atomic E-state index is 0.0436. The lowest BCUT2D eigenvalue weighted by Gasteiger charge is -2.44. The van der Waals surface area contributed by atoms with Gasteiger partial charge in [-0.1, -0.05) is 49.1 Å². The lowest BCUT2D eigenvalue weighted by molar-refractivity contribution is -0.121. The van der Waals surface area contributed by atoms with Gasteiger partial charge in [0.25, 0.3) is 0 Å². The van der Waals surface area contributed by atoms with E-state index in [1.165, 1.54) is 21.4 Å². The number of hydrogen-bond acceptors (Lipinski definition) is 6. The summed E-state index contributed by atoms with van der Waals surface area (Å²) in [5, 5.41) is 14.1. The number of amides is 1. The molecule has 1 aliphatic carbocycles. The maximum atomic E-state index is 13.7. The predicted molar refractivity (Wildman–Crippen MR) is 141 cm³/mol. The smallest absolute Gasteiger partial charge is 0.348 e. The monoisotopic (exact) mass is 542 g/mol. The molecule has 2 aromatic heterocycles. The lowest BCUT2D eigenvalue weighted by Crippen LogP contribution is -2.60. The number of carboxylic acid groups (broad SMARTS) is 1. The van der Waals surface area contributed by atoms with Crippen molar-refractivity contribution in [3.63, 3.8) is 0 Å². The fraction of sp³-hybridized carbons (Fsp3) is 0.423. The summed E-state index contributed by atoms with van der Waals surface area (Å²) in [5.74, 6) is -1.43. The molecule has 0 bridgehead atoms. The van der Waals surface area contributed by atoms with Crippen molar-refractivity contribution in [1.29, 1.82) is 0 Å². The van der Waals surface area contributed by atoms with Crippen LogP contribution in [-0.2, 0) is 21.9 Å². The number of carbonyl (C=O) groups is 2. The summed E-state index contributed by atoms with van der Waals surface area (Å²) in [6, 6.07) is 9.13. The SMILES string of the molecule is Cc1ccc(-c2cc(N3C(=O)CN(S(=O)(=O)c4cnn(C)c4)CC3C3CCCCC3)c(C(=O)O)s2)cc1. The van der Waals surface area contributed by atoms with Gasteiger partial charge >= 0.3 is 5.97 Å². The van der Waals surface area contributed by atoms with Crippen molar-refractivity contribution in [3.05, 3.63) is 53.2 Å². The highest BCUT2D eigenvalue weighted by Crippen LogP contribution is 2.42. The first-order valence-electron chi connectivity index (χ1n) is 12.4. The number of anilines is 1. The minimum Gasteiger partial charge on any atom is -0.477 e. The van der Waals surface area contributed by atoms with Gasteiger partial charge in [-0.3, -0.25) is 9.48 Å². The molecule has 196 valence electrons. The number of benzene rings is 1. The van der Waals surface area contributed by atoms with E-state index in [0.717, 1.165) is 59.4 Å². The third-order valence-electron chi connectivity index (χ3n) is 7.32. The second kappa shape index (κ2) is 10.0. The highest BCUT2D eigenvalue weighted by atomic mass is 32.2. The van der Waals surface area contributed by atoms with Gasteiger partial charge in [0, 0.05) is 24.7 Å². The largest absolute Gasteiger partial charge is 0.477 e. The van der Waals surface area contributed by atoms with Crippen molar-refractivity contribution in [2.75, 3.05) is 18.0 Å². The Morgan fingerprint density at radius 2 is 1.84 bits per heavy atom. The average molecular weight is 543 g/mol. The van der Waals surface area contributed by atoms with Crippen LogP contribution in [0.15, 0.2) is 47.6 Å². The molecule has 9 nitrogen and oxygen atoms in total. The Balaban J connectivity index is 1.56. The van der Waals surface area contributed by atoms with E-state index in [1.807, 2.05) is 31.2 Å². The van der Waals surface area contributed by atoms with Crippen LogP contribution in [0.3, 0.4) is 0 Å². The first-order chi connectivity index (χ1) is 17.6. The predicted octanol–water partition coefficient (Wildman–Crippen LogP) is 4.14. The van der Waals surface area contributed by atoms with Crippen molar-refractivity contribution in [1.82, 2.24) is 14.1 Å². The third kappa shape index (κ3) is 4.95. The van der Waals surface area contributed by atoms with E-state index in [4.69, 9.17) is 0 Å². The van der Waals surface area contributed by atoms with Crippen molar-refractivity contribution >= 4 is 38.9 Å². The Bertz CT molecular complexity index is 1420. The standard InChI is InChI=1S/C26H30N4O5S2/c1-17-8-10-19(11-9-17)23-12-21(25(36-23)26(32)33)30-22(18-6-4-3-5-7-18)15-29(16-24(30)31)37(34,35)20-13-27-28(2)14-20/h8-14,18,22H,3-7,15-16H2,1-2H3,(H,32,33). The van der Waals surface area contributed by atoms with E-state index in [1.54, 1.807) is 18.0 Å². The quantitative estimate of drug-likeness (QED) is 0.501. The first-order valence-corrected chi connectivity index (χ1v) is 14.7. The third-order valence-corrected chi connectivity index (χ3v) is 10.2. The molecule has 0 spiro atoms. The van der Waals surface area contributed by atoms with E-state index < -0.39 is 27.9 Å². The maximum absolute atomic E-state index is 13.7. The van der Waals surface area contributed by atoms with Gasteiger partial charge in [0.2, 0.25) is 15.9 Å². The highest BCUT2D eigenvalue weighted by Gasteiger charge is 2.44. The summed E-state index contributed by atoms with van der Waals surface area (Å²) in [4.78, 5) is 28.5. The summed E-state index contributed by atoms with van der Waals surface area (Å²) in [5.41, 5.74) is 2.33. The number of hydrogen-bond donors (Lipinski definition) is 1. The van der Waals surface area contributed by atoms with Crippen LogP contribution in [0.25, 0.3) is 10.4 Å². The maximum Gasteiger partial charge on any atom is 0.348 e. The average Bonchev–Trinajstić information content (AvgIpc) is 3.52. The van der Waals surface area contributed by atoms with Gasteiger partial charge in [-0.2, -0.15) is 9.40 Å². The van der Waals surface area contributed by atoms with Gasteiger partial charge in [-0.15, -0.1) is 11.3 Å². The number of piperazine rings is 1. The molecule has 1 saturated heterocycles. The Morgan fingerprint density at radius 1 is 1.14 bits per heavy atom. The Labute approximate surface area is 220 Å².